The molecule has 3 aliphatic rings. The third-order valence-corrected chi connectivity index (χ3v) is 10.6. The van der Waals surface area contributed by atoms with Crippen molar-refractivity contribution in [3.8, 4) is 29.0 Å². The second-order valence-electron chi connectivity index (χ2n) is 11.9. The Balaban J connectivity index is 1.34. The van der Waals surface area contributed by atoms with Crippen molar-refractivity contribution in [2.24, 2.45) is 0 Å². The molecule has 46 heavy (non-hydrogen) atoms. The highest BCUT2D eigenvalue weighted by Crippen LogP contribution is 2.51. The Bertz CT molecular complexity index is 2070. The van der Waals surface area contributed by atoms with Crippen molar-refractivity contribution in [2.45, 2.75) is 37.5 Å². The topological polar surface area (TPSA) is 129 Å². The fourth-order valence-electron chi connectivity index (χ4n) is 7.15. The molecule has 8 rings (SSSR count). The van der Waals surface area contributed by atoms with Crippen molar-refractivity contribution in [1.82, 2.24) is 25.1 Å². The Labute approximate surface area is 269 Å². The molecule has 236 valence electrons. The van der Waals surface area contributed by atoms with E-state index in [0.717, 1.165) is 36.4 Å². The highest BCUT2D eigenvalue weighted by atomic mass is 35.5. The zero-order chi connectivity index (χ0) is 31.7. The van der Waals surface area contributed by atoms with Gasteiger partial charge in [0.2, 0.25) is 0 Å². The van der Waals surface area contributed by atoms with Gasteiger partial charge >= 0.3 is 6.01 Å². The largest absolute Gasteiger partial charge is 0.489 e. The lowest BCUT2D eigenvalue weighted by atomic mass is 9.95. The normalized spacial score (nSPS) is 21.0. The molecule has 2 atom stereocenters. The first kappa shape index (κ1) is 29.1. The molecule has 15 heteroatoms. The number of H-pyrrole nitrogens is 1. The molecule has 2 saturated heterocycles. The number of nitrogens with two attached hydrogens (primary N) is 1. The monoisotopic (exact) mass is 666 g/mol. The fourth-order valence-corrected chi connectivity index (χ4v) is 8.44. The molecule has 0 amide bonds. The Hall–Kier alpha value is -4.32. The second-order valence-corrected chi connectivity index (χ2v) is 13.3. The molecular formula is C31H26ClF3N8O2S. The van der Waals surface area contributed by atoms with Gasteiger partial charge in [0.05, 0.1) is 45.0 Å². The molecule has 2 aromatic carbocycles. The van der Waals surface area contributed by atoms with E-state index in [1.165, 1.54) is 12.1 Å². The number of aromatic amines is 1. The van der Waals surface area contributed by atoms with E-state index in [4.69, 9.17) is 31.8 Å². The van der Waals surface area contributed by atoms with Crippen LogP contribution in [0.4, 0.5) is 24.0 Å². The number of anilines is 2. The number of fused-ring (bicyclic) bond motifs is 2. The van der Waals surface area contributed by atoms with Crippen LogP contribution in [0.1, 0.15) is 30.5 Å². The van der Waals surface area contributed by atoms with E-state index in [0.29, 0.717) is 31.9 Å². The lowest BCUT2D eigenvalue weighted by Crippen LogP contribution is -2.43. The molecule has 2 fully saturated rings. The molecule has 0 saturated carbocycles. The highest BCUT2D eigenvalue weighted by molar-refractivity contribution is 7.23. The van der Waals surface area contributed by atoms with Crippen molar-refractivity contribution in [3.05, 3.63) is 52.3 Å². The fraction of sp³-hybridized carbons (Fsp3) is 0.355. The molecular weight excluding hydrogens is 641 g/mol. The number of ether oxygens (including phenoxy) is 2. The summed E-state index contributed by atoms with van der Waals surface area (Å²) in [6.45, 7) is 2.15. The number of nitriles is 1. The van der Waals surface area contributed by atoms with Crippen LogP contribution in [0.2, 0.25) is 5.02 Å². The van der Waals surface area contributed by atoms with Crippen molar-refractivity contribution in [1.29, 1.82) is 5.26 Å². The molecule has 0 aliphatic carbocycles. The van der Waals surface area contributed by atoms with Crippen LogP contribution in [0.25, 0.3) is 32.1 Å². The Morgan fingerprint density at radius 2 is 2.11 bits per heavy atom. The van der Waals surface area contributed by atoms with Crippen molar-refractivity contribution in [3.63, 3.8) is 0 Å². The molecule has 5 aromatic rings. The average molecular weight is 667 g/mol. The lowest BCUT2D eigenvalue weighted by Gasteiger charge is -2.31. The number of benzene rings is 2. The number of nitrogens with one attached hydrogen (secondary N) is 1. The molecule has 3 aliphatic heterocycles. The molecule has 0 unspecified atom stereocenters. The third kappa shape index (κ3) is 4.44. The minimum atomic E-state index is -0.949. The van der Waals surface area contributed by atoms with Gasteiger partial charge in [0.25, 0.3) is 0 Å². The second kappa shape index (κ2) is 10.9. The molecule has 3 N–H and O–H groups in total. The summed E-state index contributed by atoms with van der Waals surface area (Å²) in [5.41, 5.74) is 6.34. The Morgan fingerprint density at radius 3 is 2.91 bits per heavy atom. The average Bonchev–Trinajstić information content (AvgIpc) is 3.79. The van der Waals surface area contributed by atoms with Gasteiger partial charge < -0.3 is 20.1 Å². The van der Waals surface area contributed by atoms with E-state index in [2.05, 4.69) is 20.1 Å². The van der Waals surface area contributed by atoms with Gasteiger partial charge in [0.15, 0.2) is 11.6 Å². The Morgan fingerprint density at radius 1 is 1.24 bits per heavy atom. The SMILES string of the molecule is N#Cc1c(N)sc2c(F)ccc(-c3c(Cl)c4c5c(nc(OC[C@@]67CCCN6C[C@H](F)C7)nc5c3F)N(Cc3ccn[nH]3)CCO4)c12. The summed E-state index contributed by atoms with van der Waals surface area (Å²) in [6.07, 6.45) is 2.73. The number of aromatic nitrogens is 4. The van der Waals surface area contributed by atoms with Crippen LogP contribution < -0.4 is 20.1 Å². The van der Waals surface area contributed by atoms with Gasteiger partial charge in [-0.3, -0.25) is 10.00 Å². The number of halogens is 4. The lowest BCUT2D eigenvalue weighted by molar-refractivity contribution is 0.107. The smallest absolute Gasteiger partial charge is 0.319 e. The quantitative estimate of drug-likeness (QED) is 0.225. The van der Waals surface area contributed by atoms with E-state index >= 15 is 4.39 Å². The first-order chi connectivity index (χ1) is 22.3. The van der Waals surface area contributed by atoms with Crippen molar-refractivity contribution < 1.29 is 22.6 Å². The van der Waals surface area contributed by atoms with E-state index in [-0.39, 0.29) is 72.7 Å². The Kier molecular flexibility index (Phi) is 6.89. The van der Waals surface area contributed by atoms with Crippen molar-refractivity contribution in [2.75, 3.05) is 43.5 Å². The number of nitrogens with zero attached hydrogens (tertiary/aromatic N) is 6. The van der Waals surface area contributed by atoms with Gasteiger partial charge in [-0.15, -0.1) is 11.3 Å². The number of thiophene rings is 1. The van der Waals surface area contributed by atoms with Crippen molar-refractivity contribution >= 4 is 54.7 Å². The van der Waals surface area contributed by atoms with Gasteiger partial charge in [-0.1, -0.05) is 17.7 Å². The predicted octanol–water partition coefficient (Wildman–Crippen LogP) is 5.97. The van der Waals surface area contributed by atoms with E-state index in [1.54, 1.807) is 6.20 Å². The van der Waals surface area contributed by atoms with Crippen LogP contribution in [0, 0.1) is 23.0 Å². The maximum atomic E-state index is 17.0. The maximum Gasteiger partial charge on any atom is 0.319 e. The minimum Gasteiger partial charge on any atom is -0.489 e. The molecule has 0 radical (unpaired) electrons. The van der Waals surface area contributed by atoms with Crippen LogP contribution in [0.5, 0.6) is 11.8 Å². The van der Waals surface area contributed by atoms with E-state index < -0.39 is 23.3 Å². The van der Waals surface area contributed by atoms with E-state index in [1.807, 2.05) is 17.0 Å². The third-order valence-electron chi connectivity index (χ3n) is 9.20. The summed E-state index contributed by atoms with van der Waals surface area (Å²) < 4.78 is 58.9. The van der Waals surface area contributed by atoms with E-state index in [9.17, 15) is 14.0 Å². The van der Waals surface area contributed by atoms with Crippen LogP contribution in [0.15, 0.2) is 24.4 Å². The van der Waals surface area contributed by atoms with Crippen LogP contribution in [-0.2, 0) is 6.54 Å². The summed E-state index contributed by atoms with van der Waals surface area (Å²) in [7, 11) is 0. The number of alkyl halides is 1. The maximum absolute atomic E-state index is 17.0. The first-order valence-electron chi connectivity index (χ1n) is 14.8. The molecule has 0 spiro atoms. The van der Waals surface area contributed by atoms with Gasteiger partial charge in [0.1, 0.15) is 47.6 Å². The zero-order valence-electron chi connectivity index (χ0n) is 24.2. The summed E-state index contributed by atoms with van der Waals surface area (Å²) in [4.78, 5) is 13.3. The van der Waals surface area contributed by atoms with Crippen LogP contribution in [-0.4, -0.2) is 69.6 Å². The highest BCUT2D eigenvalue weighted by Gasteiger charge is 2.49. The summed E-state index contributed by atoms with van der Waals surface area (Å²) in [5, 5.41) is 17.3. The first-order valence-corrected chi connectivity index (χ1v) is 16.0. The number of hydrogen-bond donors (Lipinski definition) is 2. The number of rotatable bonds is 6. The molecule has 0 bridgehead atoms. The van der Waals surface area contributed by atoms with Gasteiger partial charge in [-0.05, 0) is 37.1 Å². The van der Waals surface area contributed by atoms with Crippen LogP contribution in [0.3, 0.4) is 0 Å². The van der Waals surface area contributed by atoms with Gasteiger partial charge in [-0.2, -0.15) is 20.3 Å². The van der Waals surface area contributed by atoms with Crippen LogP contribution >= 0.6 is 22.9 Å². The minimum absolute atomic E-state index is 0.0260. The van der Waals surface area contributed by atoms with Gasteiger partial charge in [-0.25, -0.2) is 13.2 Å². The summed E-state index contributed by atoms with van der Waals surface area (Å²) >= 11 is 7.87. The molecule has 3 aromatic heterocycles. The number of hydrogen-bond acceptors (Lipinski definition) is 10. The van der Waals surface area contributed by atoms with Gasteiger partial charge in [0, 0.05) is 30.1 Å². The molecule has 6 heterocycles. The summed E-state index contributed by atoms with van der Waals surface area (Å²) in [5.74, 6) is -0.929. The standard InChI is InChI=1S/C31H26ClF3N8O2S/c32-23-21(17-2-3-19(34)27-20(17)18(11-36)28(37)46-27)24(35)25-22-26(23)44-9-8-42(13-16-4-6-38-41-16)29(22)40-30(39-25)45-14-31-5-1-7-43(31)12-15(33)10-31/h2-4,6,15H,1,5,7-10,12-14,37H2,(H,38,41)/t15-,31+/m1/s1. The zero-order valence-corrected chi connectivity index (χ0v) is 25.8. The summed E-state index contributed by atoms with van der Waals surface area (Å²) in [6, 6.07) is 6.32. The predicted molar refractivity (Wildman–Crippen MR) is 168 cm³/mol. The number of nitrogen functional groups attached to an aromatic ring is 1. The molecule has 10 nitrogen and oxygen atoms in total.